The van der Waals surface area contributed by atoms with Crippen LogP contribution in [0, 0.1) is 17.7 Å². The molecule has 0 amide bonds. The molecule has 1 aromatic rings. The largest absolute Gasteiger partial charge is 0.395 e. The van der Waals surface area contributed by atoms with Crippen LogP contribution in [0.3, 0.4) is 0 Å². The summed E-state index contributed by atoms with van der Waals surface area (Å²) in [6.07, 6.45) is 4.04. The van der Waals surface area contributed by atoms with Crippen LogP contribution in [0.2, 0.25) is 0 Å². The van der Waals surface area contributed by atoms with Gasteiger partial charge in [-0.2, -0.15) is 0 Å². The first kappa shape index (κ1) is 16.7. The summed E-state index contributed by atoms with van der Waals surface area (Å²) in [5.41, 5.74) is 1.76. The zero-order valence-corrected chi connectivity index (χ0v) is 12.5. The monoisotopic (exact) mass is 277 g/mol. The number of hydrogen-bond donors (Lipinski definition) is 1. The molecule has 20 heavy (non-hydrogen) atoms. The fourth-order valence-electron chi connectivity index (χ4n) is 2.02. The summed E-state index contributed by atoms with van der Waals surface area (Å²) < 4.78 is 13.3. The Morgan fingerprint density at radius 3 is 2.80 bits per heavy atom. The number of unbranched alkanes of at least 4 members (excludes halogenated alkanes) is 2. The minimum Gasteiger partial charge on any atom is -0.395 e. The second-order valence-corrected chi connectivity index (χ2v) is 5.02. The Kier molecular flexibility index (Phi) is 7.94. The lowest BCUT2D eigenvalue weighted by Gasteiger charge is -2.17. The standard InChI is InChI=1S/C17H24FNO/c1-3-4-6-11-19(2)14-16-9-10-17(18)13-15(16)8-5-7-12-20/h9-10,13,20H,3-4,6-7,11-12,14H2,1-2H3. The van der Waals surface area contributed by atoms with Crippen molar-refractivity contribution in [3.63, 3.8) is 0 Å². The molecule has 0 spiro atoms. The average molecular weight is 277 g/mol. The molecular weight excluding hydrogens is 253 g/mol. The Balaban J connectivity index is 2.71. The number of aliphatic hydroxyl groups excluding tert-OH is 1. The minimum atomic E-state index is -0.268. The van der Waals surface area contributed by atoms with Crippen molar-refractivity contribution in [1.82, 2.24) is 4.90 Å². The molecule has 2 nitrogen and oxygen atoms in total. The van der Waals surface area contributed by atoms with Crippen LogP contribution in [0.15, 0.2) is 18.2 Å². The Hall–Kier alpha value is -1.37. The lowest BCUT2D eigenvalue weighted by atomic mass is 10.1. The van der Waals surface area contributed by atoms with E-state index in [1.54, 1.807) is 6.07 Å². The highest BCUT2D eigenvalue weighted by molar-refractivity contribution is 5.41. The molecule has 0 fully saturated rings. The lowest BCUT2D eigenvalue weighted by molar-refractivity contribution is 0.305. The van der Waals surface area contributed by atoms with Crippen molar-refractivity contribution >= 4 is 0 Å². The number of halogens is 1. The van der Waals surface area contributed by atoms with Gasteiger partial charge in [0.25, 0.3) is 0 Å². The Bertz CT molecular complexity index is 462. The van der Waals surface area contributed by atoms with E-state index in [0.29, 0.717) is 6.42 Å². The van der Waals surface area contributed by atoms with E-state index < -0.39 is 0 Å². The van der Waals surface area contributed by atoms with Gasteiger partial charge in [-0.15, -0.1) is 0 Å². The number of hydrogen-bond acceptors (Lipinski definition) is 2. The predicted molar refractivity (Wildman–Crippen MR) is 80.8 cm³/mol. The summed E-state index contributed by atoms with van der Waals surface area (Å²) in [5, 5.41) is 8.75. The van der Waals surface area contributed by atoms with E-state index in [0.717, 1.165) is 24.2 Å². The lowest BCUT2D eigenvalue weighted by Crippen LogP contribution is -2.19. The maximum Gasteiger partial charge on any atom is 0.124 e. The van der Waals surface area contributed by atoms with Crippen LogP contribution >= 0.6 is 0 Å². The Labute approximate surface area is 121 Å². The van der Waals surface area contributed by atoms with Gasteiger partial charge in [0.05, 0.1) is 6.61 Å². The van der Waals surface area contributed by atoms with Crippen LogP contribution < -0.4 is 0 Å². The smallest absolute Gasteiger partial charge is 0.124 e. The second-order valence-electron chi connectivity index (χ2n) is 5.02. The molecule has 110 valence electrons. The van der Waals surface area contributed by atoms with E-state index in [-0.39, 0.29) is 12.4 Å². The van der Waals surface area contributed by atoms with Crippen LogP contribution in [0.1, 0.15) is 43.7 Å². The Morgan fingerprint density at radius 1 is 1.30 bits per heavy atom. The van der Waals surface area contributed by atoms with Gasteiger partial charge in [0.2, 0.25) is 0 Å². The SMILES string of the molecule is CCCCCN(C)Cc1ccc(F)cc1C#CCCO. The molecule has 0 heterocycles. The maximum atomic E-state index is 13.3. The van der Waals surface area contributed by atoms with Gasteiger partial charge in [0, 0.05) is 18.5 Å². The zero-order valence-electron chi connectivity index (χ0n) is 12.5. The number of rotatable bonds is 7. The molecule has 3 heteroatoms. The number of nitrogens with zero attached hydrogens (tertiary/aromatic N) is 1. The van der Waals surface area contributed by atoms with Crippen molar-refractivity contribution in [3.8, 4) is 11.8 Å². The van der Waals surface area contributed by atoms with Gasteiger partial charge < -0.3 is 10.0 Å². The van der Waals surface area contributed by atoms with E-state index in [4.69, 9.17) is 5.11 Å². The van der Waals surface area contributed by atoms with Crippen LogP contribution in [-0.4, -0.2) is 30.2 Å². The molecule has 1 rings (SSSR count). The van der Waals surface area contributed by atoms with Crippen molar-refractivity contribution in [2.45, 2.75) is 39.2 Å². The molecule has 0 unspecified atom stereocenters. The van der Waals surface area contributed by atoms with E-state index >= 15 is 0 Å². The molecule has 0 radical (unpaired) electrons. The highest BCUT2D eigenvalue weighted by Crippen LogP contribution is 2.13. The quantitative estimate of drug-likeness (QED) is 0.611. The van der Waals surface area contributed by atoms with Crippen LogP contribution in [0.4, 0.5) is 4.39 Å². The van der Waals surface area contributed by atoms with Crippen molar-refractivity contribution < 1.29 is 9.50 Å². The molecule has 0 saturated carbocycles. The third-order valence-corrected chi connectivity index (χ3v) is 3.12. The molecular formula is C17H24FNO. The van der Waals surface area contributed by atoms with Crippen molar-refractivity contribution in [2.75, 3.05) is 20.2 Å². The summed E-state index contributed by atoms with van der Waals surface area (Å²) in [7, 11) is 2.07. The van der Waals surface area contributed by atoms with E-state index in [9.17, 15) is 4.39 Å². The molecule has 0 aliphatic heterocycles. The first-order valence-electron chi connectivity index (χ1n) is 7.24. The maximum absolute atomic E-state index is 13.3. The van der Waals surface area contributed by atoms with E-state index in [2.05, 4.69) is 30.7 Å². The van der Waals surface area contributed by atoms with Gasteiger partial charge >= 0.3 is 0 Å². The summed E-state index contributed by atoms with van der Waals surface area (Å²) >= 11 is 0. The molecule has 0 bridgehead atoms. The van der Waals surface area contributed by atoms with Crippen molar-refractivity contribution in [1.29, 1.82) is 0 Å². The van der Waals surface area contributed by atoms with Crippen molar-refractivity contribution in [2.24, 2.45) is 0 Å². The third-order valence-electron chi connectivity index (χ3n) is 3.12. The highest BCUT2D eigenvalue weighted by Gasteiger charge is 2.05. The summed E-state index contributed by atoms with van der Waals surface area (Å²) in [5.74, 6) is 5.54. The molecule has 0 aliphatic carbocycles. The van der Waals surface area contributed by atoms with Gasteiger partial charge in [-0.25, -0.2) is 4.39 Å². The van der Waals surface area contributed by atoms with Crippen molar-refractivity contribution in [3.05, 3.63) is 35.1 Å². The third kappa shape index (κ3) is 6.18. The molecule has 0 saturated heterocycles. The average Bonchev–Trinajstić information content (AvgIpc) is 2.42. The molecule has 0 aromatic heterocycles. The van der Waals surface area contributed by atoms with Crippen LogP contribution in [0.5, 0.6) is 0 Å². The van der Waals surface area contributed by atoms with Crippen LogP contribution in [0.25, 0.3) is 0 Å². The topological polar surface area (TPSA) is 23.5 Å². The zero-order chi connectivity index (χ0) is 14.8. The van der Waals surface area contributed by atoms with Crippen LogP contribution in [-0.2, 0) is 6.54 Å². The van der Waals surface area contributed by atoms with Gasteiger partial charge in [-0.1, -0.05) is 37.7 Å². The van der Waals surface area contributed by atoms with Gasteiger partial charge in [0.15, 0.2) is 0 Å². The van der Waals surface area contributed by atoms with E-state index in [1.807, 2.05) is 0 Å². The summed E-state index contributed by atoms with van der Waals surface area (Å²) in [4.78, 5) is 2.24. The van der Waals surface area contributed by atoms with Gasteiger partial charge in [0.1, 0.15) is 5.82 Å². The normalized spacial score (nSPS) is 10.4. The number of benzene rings is 1. The Morgan fingerprint density at radius 2 is 2.10 bits per heavy atom. The van der Waals surface area contributed by atoms with E-state index in [1.165, 1.54) is 31.4 Å². The minimum absolute atomic E-state index is 0.0363. The molecule has 0 aliphatic rings. The first-order chi connectivity index (χ1) is 9.67. The van der Waals surface area contributed by atoms with Gasteiger partial charge in [-0.3, -0.25) is 0 Å². The summed E-state index contributed by atoms with van der Waals surface area (Å²) in [6, 6.07) is 4.75. The fourth-order valence-corrected chi connectivity index (χ4v) is 2.02. The highest BCUT2D eigenvalue weighted by atomic mass is 19.1. The second kappa shape index (κ2) is 9.52. The summed E-state index contributed by atoms with van der Waals surface area (Å²) in [6.45, 7) is 4.03. The fraction of sp³-hybridized carbons (Fsp3) is 0.529. The predicted octanol–water partition coefficient (Wildman–Crippen LogP) is 3.18. The number of aliphatic hydroxyl groups is 1. The molecule has 1 aromatic carbocycles. The first-order valence-corrected chi connectivity index (χ1v) is 7.24. The molecule has 1 N–H and O–H groups in total. The molecule has 0 atom stereocenters. The van der Waals surface area contributed by atoms with Gasteiger partial charge in [-0.05, 0) is 37.7 Å².